The van der Waals surface area contributed by atoms with Gasteiger partial charge in [0.1, 0.15) is 0 Å². The van der Waals surface area contributed by atoms with E-state index in [2.05, 4.69) is 48.5 Å². The summed E-state index contributed by atoms with van der Waals surface area (Å²) in [7, 11) is 2.07. The standard InChI is InChI=1S/C19H31N3O2/c1-3-20-19(22(2)15-17-9-5-4-6-10-17)21-12-8-13-23-16-18-11-7-14-24-18/h4-6,9-10,18H,3,7-8,11-16H2,1-2H3,(H,20,21). The first-order valence-corrected chi connectivity index (χ1v) is 9.02. The third-order valence-electron chi connectivity index (χ3n) is 4.00. The number of hydrogen-bond acceptors (Lipinski definition) is 3. The van der Waals surface area contributed by atoms with Crippen molar-refractivity contribution in [3.8, 4) is 0 Å². The monoisotopic (exact) mass is 333 g/mol. The number of ether oxygens (including phenoxy) is 2. The lowest BCUT2D eigenvalue weighted by molar-refractivity contribution is 0.0170. The predicted molar refractivity (Wildman–Crippen MR) is 98.3 cm³/mol. The van der Waals surface area contributed by atoms with Crippen LogP contribution in [0.15, 0.2) is 35.3 Å². The molecule has 0 bridgehead atoms. The molecule has 1 N–H and O–H groups in total. The molecule has 1 heterocycles. The average Bonchev–Trinajstić information content (AvgIpc) is 3.11. The van der Waals surface area contributed by atoms with Crippen LogP contribution in [0.2, 0.25) is 0 Å². The van der Waals surface area contributed by atoms with Gasteiger partial charge in [-0.25, -0.2) is 0 Å². The van der Waals surface area contributed by atoms with Gasteiger partial charge >= 0.3 is 0 Å². The Morgan fingerprint density at radius 3 is 2.92 bits per heavy atom. The highest BCUT2D eigenvalue weighted by atomic mass is 16.5. The maximum Gasteiger partial charge on any atom is 0.193 e. The lowest BCUT2D eigenvalue weighted by Crippen LogP contribution is -2.38. The molecule has 1 saturated heterocycles. The second-order valence-corrected chi connectivity index (χ2v) is 6.14. The van der Waals surface area contributed by atoms with Crippen molar-refractivity contribution in [2.24, 2.45) is 4.99 Å². The van der Waals surface area contributed by atoms with Crippen molar-refractivity contribution < 1.29 is 9.47 Å². The molecule has 1 aliphatic heterocycles. The summed E-state index contributed by atoms with van der Waals surface area (Å²) in [5.41, 5.74) is 1.28. The maximum absolute atomic E-state index is 5.69. The lowest BCUT2D eigenvalue weighted by atomic mass is 10.2. The predicted octanol–water partition coefficient (Wildman–Crippen LogP) is 2.67. The van der Waals surface area contributed by atoms with Crippen molar-refractivity contribution in [1.82, 2.24) is 10.2 Å². The number of guanidine groups is 1. The molecule has 1 aromatic rings. The largest absolute Gasteiger partial charge is 0.379 e. The van der Waals surface area contributed by atoms with E-state index < -0.39 is 0 Å². The van der Waals surface area contributed by atoms with E-state index in [-0.39, 0.29) is 0 Å². The van der Waals surface area contributed by atoms with Crippen molar-refractivity contribution in [2.75, 3.05) is 40.0 Å². The Balaban J connectivity index is 1.69. The summed E-state index contributed by atoms with van der Waals surface area (Å²) >= 11 is 0. The van der Waals surface area contributed by atoms with Gasteiger partial charge in [-0.3, -0.25) is 4.99 Å². The summed E-state index contributed by atoms with van der Waals surface area (Å²) in [6.07, 6.45) is 3.54. The van der Waals surface area contributed by atoms with Crippen LogP contribution >= 0.6 is 0 Å². The van der Waals surface area contributed by atoms with Crippen LogP contribution < -0.4 is 5.32 Å². The van der Waals surface area contributed by atoms with E-state index >= 15 is 0 Å². The Kier molecular flexibility index (Phi) is 8.63. The molecule has 0 aliphatic carbocycles. The Labute approximate surface area is 146 Å². The van der Waals surface area contributed by atoms with E-state index in [1.165, 1.54) is 5.56 Å². The second-order valence-electron chi connectivity index (χ2n) is 6.14. The van der Waals surface area contributed by atoms with E-state index in [0.717, 1.165) is 64.7 Å². The highest BCUT2D eigenvalue weighted by Gasteiger charge is 2.14. The van der Waals surface area contributed by atoms with E-state index in [4.69, 9.17) is 14.5 Å². The van der Waals surface area contributed by atoms with E-state index in [1.807, 2.05) is 6.07 Å². The minimum Gasteiger partial charge on any atom is -0.379 e. The van der Waals surface area contributed by atoms with Gasteiger partial charge in [0.2, 0.25) is 0 Å². The highest BCUT2D eigenvalue weighted by Crippen LogP contribution is 2.11. The molecule has 0 saturated carbocycles. The molecule has 1 aliphatic rings. The van der Waals surface area contributed by atoms with Gasteiger partial charge < -0.3 is 19.7 Å². The average molecular weight is 333 g/mol. The first-order chi connectivity index (χ1) is 11.8. The van der Waals surface area contributed by atoms with Crippen LogP contribution in [-0.2, 0) is 16.0 Å². The van der Waals surface area contributed by atoms with Gasteiger partial charge in [-0.05, 0) is 31.7 Å². The van der Waals surface area contributed by atoms with Gasteiger partial charge in [0.25, 0.3) is 0 Å². The van der Waals surface area contributed by atoms with Crippen LogP contribution in [0, 0.1) is 0 Å². The summed E-state index contributed by atoms with van der Waals surface area (Å²) in [6.45, 7) is 6.93. The minimum absolute atomic E-state index is 0.308. The number of hydrogen-bond donors (Lipinski definition) is 1. The number of nitrogens with zero attached hydrogens (tertiary/aromatic N) is 2. The molecule has 1 unspecified atom stereocenters. The van der Waals surface area contributed by atoms with Gasteiger partial charge in [0.15, 0.2) is 5.96 Å². The molecule has 1 aromatic carbocycles. The summed E-state index contributed by atoms with van der Waals surface area (Å²) in [5.74, 6) is 0.945. The Bertz CT molecular complexity index is 473. The van der Waals surface area contributed by atoms with Crippen molar-refractivity contribution in [3.63, 3.8) is 0 Å². The van der Waals surface area contributed by atoms with Crippen LogP contribution in [0.4, 0.5) is 0 Å². The molecular formula is C19H31N3O2. The van der Waals surface area contributed by atoms with Crippen LogP contribution in [0.3, 0.4) is 0 Å². The van der Waals surface area contributed by atoms with E-state index in [9.17, 15) is 0 Å². The van der Waals surface area contributed by atoms with Gasteiger partial charge in [-0.1, -0.05) is 30.3 Å². The molecular weight excluding hydrogens is 302 g/mol. The van der Waals surface area contributed by atoms with Gasteiger partial charge in [0, 0.05) is 39.9 Å². The first kappa shape index (κ1) is 18.7. The molecule has 2 rings (SSSR count). The second kappa shape index (κ2) is 11.0. The summed E-state index contributed by atoms with van der Waals surface area (Å²) < 4.78 is 11.2. The maximum atomic E-state index is 5.69. The third-order valence-corrected chi connectivity index (χ3v) is 4.00. The molecule has 5 heteroatoms. The lowest BCUT2D eigenvalue weighted by Gasteiger charge is -2.22. The van der Waals surface area contributed by atoms with Crippen molar-refractivity contribution in [3.05, 3.63) is 35.9 Å². The summed E-state index contributed by atoms with van der Waals surface area (Å²) in [6, 6.07) is 10.5. The smallest absolute Gasteiger partial charge is 0.193 e. The van der Waals surface area contributed by atoms with Crippen molar-refractivity contribution in [2.45, 2.75) is 38.8 Å². The van der Waals surface area contributed by atoms with Gasteiger partial charge in [-0.15, -0.1) is 0 Å². The molecule has 1 atom stereocenters. The normalized spacial score (nSPS) is 17.9. The molecule has 5 nitrogen and oxygen atoms in total. The molecule has 134 valence electrons. The topological polar surface area (TPSA) is 46.1 Å². The molecule has 24 heavy (non-hydrogen) atoms. The number of aliphatic imine (C=N–C) groups is 1. The Morgan fingerprint density at radius 1 is 1.38 bits per heavy atom. The van der Waals surface area contributed by atoms with Gasteiger partial charge in [0.05, 0.1) is 12.7 Å². The number of benzene rings is 1. The fraction of sp³-hybridized carbons (Fsp3) is 0.632. The van der Waals surface area contributed by atoms with E-state index in [0.29, 0.717) is 6.10 Å². The fourth-order valence-corrected chi connectivity index (χ4v) is 2.74. The van der Waals surface area contributed by atoms with Crippen LogP contribution in [0.5, 0.6) is 0 Å². The third kappa shape index (κ3) is 6.89. The zero-order valence-electron chi connectivity index (χ0n) is 15.0. The van der Waals surface area contributed by atoms with Crippen LogP contribution in [0.25, 0.3) is 0 Å². The van der Waals surface area contributed by atoms with Gasteiger partial charge in [-0.2, -0.15) is 0 Å². The quantitative estimate of drug-likeness (QED) is 0.429. The molecule has 1 fully saturated rings. The number of nitrogens with one attached hydrogen (secondary N) is 1. The Hall–Kier alpha value is -1.59. The first-order valence-electron chi connectivity index (χ1n) is 9.02. The van der Waals surface area contributed by atoms with Crippen molar-refractivity contribution in [1.29, 1.82) is 0 Å². The minimum atomic E-state index is 0.308. The van der Waals surface area contributed by atoms with Crippen LogP contribution in [-0.4, -0.2) is 56.9 Å². The molecule has 0 amide bonds. The van der Waals surface area contributed by atoms with E-state index in [1.54, 1.807) is 0 Å². The highest BCUT2D eigenvalue weighted by molar-refractivity contribution is 5.79. The SMILES string of the molecule is CCNC(=NCCCOCC1CCCO1)N(C)Cc1ccccc1. The number of rotatable bonds is 9. The Morgan fingerprint density at radius 2 is 2.21 bits per heavy atom. The molecule has 0 radical (unpaired) electrons. The van der Waals surface area contributed by atoms with Crippen molar-refractivity contribution >= 4 is 5.96 Å². The zero-order valence-corrected chi connectivity index (χ0v) is 15.0. The zero-order chi connectivity index (χ0) is 17.0. The molecule has 0 spiro atoms. The molecule has 0 aromatic heterocycles. The van der Waals surface area contributed by atoms with Crippen LogP contribution in [0.1, 0.15) is 31.7 Å². The summed E-state index contributed by atoms with van der Waals surface area (Å²) in [5, 5.41) is 3.35. The fourth-order valence-electron chi connectivity index (χ4n) is 2.74. The summed E-state index contributed by atoms with van der Waals surface area (Å²) in [4.78, 5) is 6.86.